The normalized spacial score (nSPS) is 11.2. The van der Waals surface area contributed by atoms with Gasteiger partial charge in [-0.15, -0.1) is 0 Å². The van der Waals surface area contributed by atoms with Crippen molar-refractivity contribution >= 4 is 11.4 Å². The van der Waals surface area contributed by atoms with Gasteiger partial charge < -0.3 is 9.88 Å². The van der Waals surface area contributed by atoms with Gasteiger partial charge in [0.1, 0.15) is 5.69 Å². The first kappa shape index (κ1) is 17.0. The summed E-state index contributed by atoms with van der Waals surface area (Å²) in [7, 11) is 0. The van der Waals surface area contributed by atoms with E-state index in [2.05, 4.69) is 34.1 Å². The van der Waals surface area contributed by atoms with Crippen LogP contribution in [0.2, 0.25) is 0 Å². The monoisotopic (exact) mass is 360 g/mol. The number of nitrogens with zero attached hydrogens (tertiary/aromatic N) is 5. The lowest BCUT2D eigenvalue weighted by Gasteiger charge is -2.03. The minimum absolute atomic E-state index is 0.225. The molecular weight excluding hydrogens is 340 g/mol. The first-order valence-electron chi connectivity index (χ1n) is 8.81. The number of hydrogen-bond donors (Lipinski definition) is 1. The van der Waals surface area contributed by atoms with Crippen molar-refractivity contribution in [3.63, 3.8) is 0 Å². The third kappa shape index (κ3) is 3.31. The van der Waals surface area contributed by atoms with Gasteiger partial charge in [-0.25, -0.2) is 9.97 Å². The number of hydrogen-bond acceptors (Lipinski definition) is 4. The van der Waals surface area contributed by atoms with Crippen molar-refractivity contribution in [1.82, 2.24) is 29.2 Å². The minimum atomic E-state index is -0.225. The zero-order chi connectivity index (χ0) is 18.8. The molecule has 4 rings (SSSR count). The molecule has 4 heterocycles. The number of nitrogens with one attached hydrogen (secondary N) is 1. The second-order valence-electron chi connectivity index (χ2n) is 6.58. The van der Waals surface area contributed by atoms with E-state index in [-0.39, 0.29) is 5.91 Å². The average Bonchev–Trinajstić information content (AvgIpc) is 3.32. The van der Waals surface area contributed by atoms with Crippen molar-refractivity contribution in [3.05, 3.63) is 72.7 Å². The molecule has 0 saturated heterocycles. The molecule has 0 aliphatic heterocycles. The van der Waals surface area contributed by atoms with E-state index in [0.29, 0.717) is 24.1 Å². The third-order valence-electron chi connectivity index (χ3n) is 4.37. The van der Waals surface area contributed by atoms with Crippen molar-refractivity contribution in [2.75, 3.05) is 0 Å². The lowest BCUT2D eigenvalue weighted by molar-refractivity contribution is 0.0948. The van der Waals surface area contributed by atoms with E-state index in [1.165, 1.54) is 0 Å². The van der Waals surface area contributed by atoms with E-state index in [1.54, 1.807) is 18.7 Å². The quantitative estimate of drug-likeness (QED) is 0.593. The standard InChI is InChI=1S/C20H20N6O/c1-14(2)25-12-16(23-13-25)19-24-18(17-7-3-4-9-26(17)19)20(27)22-11-15-6-5-8-21-10-15/h3-10,12-14H,11H2,1-2H3,(H,22,27). The Balaban J connectivity index is 1.68. The van der Waals surface area contributed by atoms with E-state index in [1.807, 2.05) is 51.7 Å². The molecule has 0 radical (unpaired) electrons. The fourth-order valence-electron chi connectivity index (χ4n) is 2.89. The molecule has 136 valence electrons. The van der Waals surface area contributed by atoms with Crippen molar-refractivity contribution in [2.45, 2.75) is 26.4 Å². The lowest BCUT2D eigenvalue weighted by Crippen LogP contribution is -2.23. The maximum absolute atomic E-state index is 12.8. The van der Waals surface area contributed by atoms with Gasteiger partial charge in [-0.05, 0) is 37.6 Å². The van der Waals surface area contributed by atoms with Crippen LogP contribution in [0, 0.1) is 0 Å². The summed E-state index contributed by atoms with van der Waals surface area (Å²) in [6.45, 7) is 4.58. The maximum atomic E-state index is 12.8. The van der Waals surface area contributed by atoms with Gasteiger partial charge in [-0.3, -0.25) is 14.2 Å². The molecule has 27 heavy (non-hydrogen) atoms. The number of imidazole rings is 2. The Labute approximate surface area is 156 Å². The van der Waals surface area contributed by atoms with E-state index < -0.39 is 0 Å². The Bertz CT molecular complexity index is 1080. The molecule has 0 spiro atoms. The van der Waals surface area contributed by atoms with Gasteiger partial charge in [0.15, 0.2) is 11.5 Å². The lowest BCUT2D eigenvalue weighted by atomic mass is 10.2. The van der Waals surface area contributed by atoms with Crippen molar-refractivity contribution in [2.24, 2.45) is 0 Å². The van der Waals surface area contributed by atoms with E-state index in [4.69, 9.17) is 0 Å². The third-order valence-corrected chi connectivity index (χ3v) is 4.37. The highest BCUT2D eigenvalue weighted by Gasteiger charge is 2.19. The van der Waals surface area contributed by atoms with E-state index >= 15 is 0 Å². The molecule has 0 aliphatic rings. The van der Waals surface area contributed by atoms with Crippen LogP contribution in [0.3, 0.4) is 0 Å². The number of carbonyl (C=O) groups excluding carboxylic acids is 1. The minimum Gasteiger partial charge on any atom is -0.346 e. The molecular formula is C20H20N6O. The molecule has 0 atom stereocenters. The summed E-state index contributed by atoms with van der Waals surface area (Å²) in [4.78, 5) is 25.9. The molecule has 7 heteroatoms. The molecule has 0 saturated carbocycles. The number of fused-ring (bicyclic) bond motifs is 1. The topological polar surface area (TPSA) is 77.1 Å². The zero-order valence-electron chi connectivity index (χ0n) is 15.2. The molecule has 1 N–H and O–H groups in total. The van der Waals surface area contributed by atoms with Crippen LogP contribution < -0.4 is 5.32 Å². The number of pyridine rings is 2. The molecule has 0 unspecified atom stereocenters. The molecule has 4 aromatic heterocycles. The van der Waals surface area contributed by atoms with E-state index in [0.717, 1.165) is 16.8 Å². The van der Waals surface area contributed by atoms with Crippen LogP contribution in [-0.4, -0.2) is 29.8 Å². The highest BCUT2D eigenvalue weighted by atomic mass is 16.1. The summed E-state index contributed by atoms with van der Waals surface area (Å²) in [5, 5.41) is 2.92. The summed E-state index contributed by atoms with van der Waals surface area (Å²) >= 11 is 0. The average molecular weight is 360 g/mol. The fourth-order valence-corrected chi connectivity index (χ4v) is 2.89. The Hall–Kier alpha value is -3.48. The Morgan fingerprint density at radius 3 is 2.85 bits per heavy atom. The smallest absolute Gasteiger partial charge is 0.272 e. The maximum Gasteiger partial charge on any atom is 0.272 e. The van der Waals surface area contributed by atoms with Crippen LogP contribution in [-0.2, 0) is 6.54 Å². The van der Waals surface area contributed by atoms with Crippen LogP contribution in [0.4, 0.5) is 0 Å². The molecule has 4 aromatic rings. The number of carbonyl (C=O) groups is 1. The Morgan fingerprint density at radius 1 is 1.22 bits per heavy atom. The number of aromatic nitrogens is 5. The summed E-state index contributed by atoms with van der Waals surface area (Å²) in [6, 6.07) is 9.76. The van der Waals surface area contributed by atoms with Crippen molar-refractivity contribution in [3.8, 4) is 11.5 Å². The number of amides is 1. The van der Waals surface area contributed by atoms with Gasteiger partial charge in [-0.2, -0.15) is 0 Å². The summed E-state index contributed by atoms with van der Waals surface area (Å²) < 4.78 is 3.91. The molecule has 7 nitrogen and oxygen atoms in total. The second-order valence-corrected chi connectivity index (χ2v) is 6.58. The van der Waals surface area contributed by atoms with Crippen molar-refractivity contribution < 1.29 is 4.79 Å². The van der Waals surface area contributed by atoms with Gasteiger partial charge in [0, 0.05) is 37.4 Å². The van der Waals surface area contributed by atoms with Gasteiger partial charge in [0.25, 0.3) is 5.91 Å². The SMILES string of the molecule is CC(C)n1cnc(-c2nc(C(=O)NCc3cccnc3)c3ccccn23)c1. The van der Waals surface area contributed by atoms with Crippen molar-refractivity contribution in [1.29, 1.82) is 0 Å². The Kier molecular flexibility index (Phi) is 4.42. The first-order chi connectivity index (χ1) is 13.1. The fraction of sp³-hybridized carbons (Fsp3) is 0.200. The highest BCUT2D eigenvalue weighted by Crippen LogP contribution is 2.22. The largest absolute Gasteiger partial charge is 0.346 e. The van der Waals surface area contributed by atoms with Gasteiger partial charge >= 0.3 is 0 Å². The molecule has 0 aromatic carbocycles. The summed E-state index contributed by atoms with van der Waals surface area (Å²) in [6.07, 6.45) is 9.06. The van der Waals surface area contributed by atoms with Crippen LogP contribution in [0.25, 0.3) is 17.0 Å². The highest BCUT2D eigenvalue weighted by molar-refractivity contribution is 5.99. The van der Waals surface area contributed by atoms with Gasteiger partial charge in [0.2, 0.25) is 0 Å². The van der Waals surface area contributed by atoms with Crippen LogP contribution in [0.5, 0.6) is 0 Å². The van der Waals surface area contributed by atoms with Gasteiger partial charge in [-0.1, -0.05) is 12.1 Å². The van der Waals surface area contributed by atoms with Crippen LogP contribution in [0.1, 0.15) is 35.9 Å². The van der Waals surface area contributed by atoms with Crippen LogP contribution >= 0.6 is 0 Å². The molecule has 1 amide bonds. The Morgan fingerprint density at radius 2 is 2.11 bits per heavy atom. The predicted octanol–water partition coefficient (Wildman–Crippen LogP) is 3.10. The summed E-state index contributed by atoms with van der Waals surface area (Å²) in [5.74, 6) is 0.425. The molecule has 0 aliphatic carbocycles. The first-order valence-corrected chi connectivity index (χ1v) is 8.81. The molecule has 0 fully saturated rings. The summed E-state index contributed by atoms with van der Waals surface area (Å²) in [5.41, 5.74) is 2.80. The second kappa shape index (κ2) is 7.03. The number of rotatable bonds is 5. The zero-order valence-corrected chi connectivity index (χ0v) is 15.2. The predicted molar refractivity (Wildman–Crippen MR) is 102 cm³/mol. The van der Waals surface area contributed by atoms with E-state index in [9.17, 15) is 4.79 Å². The van der Waals surface area contributed by atoms with Gasteiger partial charge in [0.05, 0.1) is 11.8 Å². The molecule has 0 bridgehead atoms. The van der Waals surface area contributed by atoms with Crippen LogP contribution in [0.15, 0.2) is 61.4 Å².